The van der Waals surface area contributed by atoms with Crippen molar-refractivity contribution < 1.29 is 14.7 Å². The van der Waals surface area contributed by atoms with Crippen molar-refractivity contribution in [3.63, 3.8) is 0 Å². The Morgan fingerprint density at radius 2 is 1.50 bits per heavy atom. The second-order valence-electron chi connectivity index (χ2n) is 8.07. The number of aliphatic hydroxyl groups excluding tert-OH is 1. The number of carbonyl (C=O) groups is 2. The van der Waals surface area contributed by atoms with E-state index < -0.39 is 17.9 Å². The second-order valence-corrected chi connectivity index (χ2v) is 8.07. The highest BCUT2D eigenvalue weighted by Gasteiger charge is 2.30. The molecule has 2 amide bonds. The Morgan fingerprint density at radius 3 is 2.00 bits per heavy atom. The number of hydrogen-bond acceptors (Lipinski definition) is 3. The number of amides is 2. The summed E-state index contributed by atoms with van der Waals surface area (Å²) >= 11 is 0. The Hall–Kier alpha value is -2.14. The van der Waals surface area contributed by atoms with Crippen LogP contribution >= 0.6 is 0 Å². The molecule has 0 radical (unpaired) electrons. The predicted octanol–water partition coefficient (Wildman–Crippen LogP) is 4.59. The van der Waals surface area contributed by atoms with Crippen molar-refractivity contribution in [2.24, 2.45) is 11.7 Å². The van der Waals surface area contributed by atoms with Gasteiger partial charge in [0.15, 0.2) is 0 Å². The molecule has 0 fully saturated rings. The number of hydrogen-bond donors (Lipinski definition) is 3. The van der Waals surface area contributed by atoms with Gasteiger partial charge in [-0.2, -0.15) is 0 Å². The largest absolute Gasteiger partial charge is 0.392 e. The van der Waals surface area contributed by atoms with Gasteiger partial charge in [-0.15, -0.1) is 0 Å². The van der Waals surface area contributed by atoms with Gasteiger partial charge in [0.25, 0.3) is 0 Å². The van der Waals surface area contributed by atoms with Crippen molar-refractivity contribution in [2.45, 2.75) is 84.2 Å². The molecule has 168 valence electrons. The van der Waals surface area contributed by atoms with Gasteiger partial charge >= 0.3 is 0 Å². The van der Waals surface area contributed by atoms with Crippen molar-refractivity contribution in [2.75, 3.05) is 6.54 Å². The summed E-state index contributed by atoms with van der Waals surface area (Å²) in [6.07, 6.45) is 12.8. The highest BCUT2D eigenvalue weighted by molar-refractivity contribution is 6.03. The smallest absolute Gasteiger partial charge is 0.245 e. The zero-order chi connectivity index (χ0) is 22.2. The summed E-state index contributed by atoms with van der Waals surface area (Å²) in [4.78, 5) is 24.6. The van der Waals surface area contributed by atoms with Gasteiger partial charge in [-0.1, -0.05) is 95.0 Å². The molecule has 0 aliphatic carbocycles. The number of unbranched alkanes of at least 4 members (excludes halogenated alkanes) is 9. The molecule has 1 aromatic rings. The van der Waals surface area contributed by atoms with Gasteiger partial charge in [-0.25, -0.2) is 0 Å². The van der Waals surface area contributed by atoms with Gasteiger partial charge in [0, 0.05) is 12.1 Å². The van der Waals surface area contributed by atoms with Crippen molar-refractivity contribution in [3.8, 4) is 0 Å². The second kappa shape index (κ2) is 15.7. The van der Waals surface area contributed by atoms with Crippen molar-refractivity contribution in [1.82, 2.24) is 5.32 Å². The molecule has 0 spiro atoms. The first-order valence-electron chi connectivity index (χ1n) is 11.5. The van der Waals surface area contributed by atoms with Crippen LogP contribution in [0.1, 0.15) is 83.6 Å². The van der Waals surface area contributed by atoms with Crippen LogP contribution in [-0.4, -0.2) is 29.6 Å². The van der Waals surface area contributed by atoms with E-state index in [0.717, 1.165) is 18.4 Å². The van der Waals surface area contributed by atoms with E-state index in [9.17, 15) is 14.7 Å². The Morgan fingerprint density at radius 1 is 0.967 bits per heavy atom. The van der Waals surface area contributed by atoms with Gasteiger partial charge in [-0.05, 0) is 25.0 Å². The maximum atomic E-state index is 12.7. The minimum atomic E-state index is -1.01. The molecule has 1 rings (SSSR count). The number of primary amides is 1. The molecule has 0 saturated carbocycles. The van der Waals surface area contributed by atoms with Crippen LogP contribution in [0.15, 0.2) is 35.9 Å². The summed E-state index contributed by atoms with van der Waals surface area (Å²) in [6, 6.07) is 9.19. The molecule has 5 nitrogen and oxygen atoms in total. The van der Waals surface area contributed by atoms with Gasteiger partial charge < -0.3 is 16.2 Å². The predicted molar refractivity (Wildman–Crippen MR) is 124 cm³/mol. The molecule has 0 heterocycles. The number of aliphatic hydroxyl groups is 1. The van der Waals surface area contributed by atoms with Gasteiger partial charge in [-0.3, -0.25) is 9.59 Å². The lowest BCUT2D eigenvalue weighted by Crippen LogP contribution is -2.41. The Bertz CT molecular complexity index is 641. The summed E-state index contributed by atoms with van der Waals surface area (Å²) in [5.41, 5.74) is 6.41. The normalized spacial score (nSPS) is 13.6. The lowest BCUT2D eigenvalue weighted by Gasteiger charge is -2.21. The van der Waals surface area contributed by atoms with Crippen LogP contribution < -0.4 is 11.1 Å². The molecule has 0 aliphatic rings. The molecule has 0 aliphatic heterocycles. The zero-order valence-corrected chi connectivity index (χ0v) is 18.7. The van der Waals surface area contributed by atoms with Crippen LogP contribution in [0.2, 0.25) is 0 Å². The number of nitrogens with one attached hydrogen (secondary N) is 1. The van der Waals surface area contributed by atoms with Crippen LogP contribution in [0, 0.1) is 5.92 Å². The Balaban J connectivity index is 2.43. The van der Waals surface area contributed by atoms with E-state index in [2.05, 4.69) is 12.2 Å². The van der Waals surface area contributed by atoms with Gasteiger partial charge in [0.1, 0.15) is 0 Å². The van der Waals surface area contributed by atoms with Crippen LogP contribution in [0.3, 0.4) is 0 Å². The topological polar surface area (TPSA) is 92.4 Å². The van der Waals surface area contributed by atoms with E-state index >= 15 is 0 Å². The molecular formula is C25H40N2O3. The first-order valence-corrected chi connectivity index (χ1v) is 11.5. The lowest BCUT2D eigenvalue weighted by atomic mass is 9.90. The van der Waals surface area contributed by atoms with Gasteiger partial charge in [0.05, 0.1) is 12.0 Å². The van der Waals surface area contributed by atoms with E-state index in [4.69, 9.17) is 5.73 Å². The fourth-order valence-electron chi connectivity index (χ4n) is 3.60. The number of carbonyl (C=O) groups excluding carboxylic acids is 2. The monoisotopic (exact) mass is 416 g/mol. The number of nitrogens with two attached hydrogens (primary N) is 1. The van der Waals surface area contributed by atoms with Crippen LogP contribution in [0.4, 0.5) is 0 Å². The van der Waals surface area contributed by atoms with Crippen LogP contribution in [-0.2, 0) is 9.59 Å². The van der Waals surface area contributed by atoms with E-state index in [0.29, 0.717) is 6.54 Å². The van der Waals surface area contributed by atoms with Crippen molar-refractivity contribution in [1.29, 1.82) is 0 Å². The molecule has 0 unspecified atom stereocenters. The molecule has 5 heteroatoms. The minimum Gasteiger partial charge on any atom is -0.392 e. The molecule has 2 atom stereocenters. The Labute approximate surface area is 182 Å². The third-order valence-electron chi connectivity index (χ3n) is 5.34. The highest BCUT2D eigenvalue weighted by Crippen LogP contribution is 2.20. The van der Waals surface area contributed by atoms with E-state index in [1.807, 2.05) is 30.3 Å². The fraction of sp³-hybridized carbons (Fsp3) is 0.600. The summed E-state index contributed by atoms with van der Waals surface area (Å²) < 4.78 is 0. The molecule has 30 heavy (non-hydrogen) atoms. The summed E-state index contributed by atoms with van der Waals surface area (Å²) in [7, 11) is 0. The molecule has 4 N–H and O–H groups in total. The van der Waals surface area contributed by atoms with Crippen molar-refractivity contribution in [3.05, 3.63) is 41.5 Å². The fourth-order valence-corrected chi connectivity index (χ4v) is 3.60. The molecule has 0 bridgehead atoms. The molecule has 0 saturated heterocycles. The van der Waals surface area contributed by atoms with E-state index in [1.54, 1.807) is 6.08 Å². The Kier molecular flexibility index (Phi) is 13.5. The maximum Gasteiger partial charge on any atom is 0.245 e. The first-order chi connectivity index (χ1) is 14.5. The quantitative estimate of drug-likeness (QED) is 0.272. The first kappa shape index (κ1) is 25.9. The molecular weight excluding hydrogens is 376 g/mol. The summed E-state index contributed by atoms with van der Waals surface area (Å²) in [5, 5.41) is 13.0. The van der Waals surface area contributed by atoms with Crippen LogP contribution in [0.25, 0.3) is 6.08 Å². The summed E-state index contributed by atoms with van der Waals surface area (Å²) in [6.45, 7) is 4.28. The number of rotatable bonds is 16. The standard InChI is InChI=1S/C25H40N2O3/c1-3-4-5-6-7-8-9-10-11-15-18-27-25(30)23(20(2)28)22(24(26)29)19-21-16-13-12-14-17-21/h12-14,16-17,19-20,23,28H,3-11,15,18H2,1-2H3,(H2,26,29)(H,27,30)/t20-,23-/m1/s1. The third-order valence-corrected chi connectivity index (χ3v) is 5.34. The average Bonchev–Trinajstić information content (AvgIpc) is 2.72. The highest BCUT2D eigenvalue weighted by atomic mass is 16.3. The molecule has 0 aromatic heterocycles. The van der Waals surface area contributed by atoms with E-state index in [-0.39, 0.29) is 11.5 Å². The minimum absolute atomic E-state index is 0.122. The molecule has 1 aromatic carbocycles. The maximum absolute atomic E-state index is 12.7. The average molecular weight is 417 g/mol. The number of benzene rings is 1. The van der Waals surface area contributed by atoms with E-state index in [1.165, 1.54) is 58.3 Å². The zero-order valence-electron chi connectivity index (χ0n) is 18.7. The lowest BCUT2D eigenvalue weighted by molar-refractivity contribution is -0.128. The third kappa shape index (κ3) is 10.6. The van der Waals surface area contributed by atoms with Crippen molar-refractivity contribution >= 4 is 17.9 Å². The van der Waals surface area contributed by atoms with Gasteiger partial charge in [0.2, 0.25) is 11.8 Å². The summed E-state index contributed by atoms with van der Waals surface area (Å²) in [5.74, 6) is -2.04. The van der Waals surface area contributed by atoms with Crippen LogP contribution in [0.5, 0.6) is 0 Å². The SMILES string of the molecule is CCCCCCCCCCCCNC(=O)[C@@H](C(=Cc1ccccc1)C(N)=O)[C@@H](C)O.